The van der Waals surface area contributed by atoms with Crippen LogP contribution < -0.4 is 14.8 Å². The van der Waals surface area contributed by atoms with Crippen LogP contribution in [0.1, 0.15) is 56.6 Å². The van der Waals surface area contributed by atoms with Crippen LogP contribution in [0.4, 0.5) is 0 Å². The molecule has 0 spiro atoms. The minimum absolute atomic E-state index is 0.411. The highest BCUT2D eigenvalue weighted by atomic mass is 35.5. The molecule has 2 aromatic carbocycles. The summed E-state index contributed by atoms with van der Waals surface area (Å²) in [6, 6.07) is 12.3. The molecular weight excluding hydrogens is 441 g/mol. The van der Waals surface area contributed by atoms with Crippen molar-refractivity contribution in [3.05, 3.63) is 57.6 Å². The second-order valence-corrected chi connectivity index (χ2v) is 11.2. The van der Waals surface area contributed by atoms with Crippen molar-refractivity contribution in [1.82, 2.24) is 5.32 Å². The fourth-order valence-electron chi connectivity index (χ4n) is 6.93. The van der Waals surface area contributed by atoms with Crippen LogP contribution in [-0.4, -0.2) is 13.2 Å². The van der Waals surface area contributed by atoms with Gasteiger partial charge in [0.1, 0.15) is 6.61 Å². The summed E-state index contributed by atoms with van der Waals surface area (Å²) in [4.78, 5) is 0. The van der Waals surface area contributed by atoms with Gasteiger partial charge in [0.2, 0.25) is 0 Å². The fraction of sp³-hybridized carbons (Fsp3) is 0.556. The van der Waals surface area contributed by atoms with E-state index in [0.717, 1.165) is 41.4 Å². The van der Waals surface area contributed by atoms with Gasteiger partial charge in [-0.15, -0.1) is 0 Å². The van der Waals surface area contributed by atoms with Crippen LogP contribution in [0.5, 0.6) is 11.5 Å². The molecular formula is C27H33Cl2NO2. The number of methoxy groups -OCH3 is 1. The Labute approximate surface area is 201 Å². The maximum absolute atomic E-state index is 6.11. The number of hydrogen-bond acceptors (Lipinski definition) is 3. The SMILES string of the molecule is COc1cc(CN[C@H](C)C23CC4CC(CC(C4)C2)C3)ccc1OCc1ccc(Cl)c(Cl)c1. The average molecular weight is 474 g/mol. The van der Waals surface area contributed by atoms with Gasteiger partial charge in [0.15, 0.2) is 11.5 Å². The summed E-state index contributed by atoms with van der Waals surface area (Å²) in [5.74, 6) is 4.44. The lowest BCUT2D eigenvalue weighted by atomic mass is 9.48. The van der Waals surface area contributed by atoms with E-state index in [2.05, 4.69) is 24.4 Å². The summed E-state index contributed by atoms with van der Waals surface area (Å²) in [7, 11) is 1.69. The maximum Gasteiger partial charge on any atom is 0.161 e. The van der Waals surface area contributed by atoms with Crippen molar-refractivity contribution in [3.8, 4) is 11.5 Å². The van der Waals surface area contributed by atoms with Crippen molar-refractivity contribution in [2.45, 2.75) is 64.6 Å². The number of halogens is 2. The number of hydrogen-bond donors (Lipinski definition) is 1. The molecule has 0 amide bonds. The Bertz CT molecular complexity index is 941. The van der Waals surface area contributed by atoms with Gasteiger partial charge in [-0.3, -0.25) is 0 Å². The van der Waals surface area contributed by atoms with E-state index >= 15 is 0 Å². The molecule has 0 radical (unpaired) electrons. The van der Waals surface area contributed by atoms with Gasteiger partial charge < -0.3 is 14.8 Å². The van der Waals surface area contributed by atoms with E-state index in [1.165, 1.54) is 44.1 Å². The zero-order valence-electron chi connectivity index (χ0n) is 19.0. The van der Waals surface area contributed by atoms with E-state index < -0.39 is 0 Å². The van der Waals surface area contributed by atoms with Gasteiger partial charge >= 0.3 is 0 Å². The molecule has 4 aliphatic carbocycles. The zero-order chi connectivity index (χ0) is 22.3. The molecule has 6 rings (SSSR count). The second kappa shape index (κ2) is 9.08. The molecule has 1 N–H and O–H groups in total. The lowest BCUT2D eigenvalue weighted by molar-refractivity contribution is -0.0706. The van der Waals surface area contributed by atoms with E-state index in [1.807, 2.05) is 18.2 Å². The van der Waals surface area contributed by atoms with Crippen molar-refractivity contribution in [2.75, 3.05) is 7.11 Å². The highest BCUT2D eigenvalue weighted by Gasteiger charge is 2.52. The first-order valence-corrected chi connectivity index (χ1v) is 12.7. The minimum Gasteiger partial charge on any atom is -0.493 e. The predicted octanol–water partition coefficient (Wildman–Crippen LogP) is 7.28. The van der Waals surface area contributed by atoms with Crippen LogP contribution in [0.25, 0.3) is 0 Å². The fourth-order valence-corrected chi connectivity index (χ4v) is 7.25. The lowest BCUT2D eigenvalue weighted by Crippen LogP contribution is -2.54. The Morgan fingerprint density at radius 2 is 1.56 bits per heavy atom. The van der Waals surface area contributed by atoms with Crippen molar-refractivity contribution >= 4 is 23.2 Å². The van der Waals surface area contributed by atoms with Crippen LogP contribution in [-0.2, 0) is 13.2 Å². The Morgan fingerprint density at radius 1 is 0.906 bits per heavy atom. The third-order valence-electron chi connectivity index (χ3n) is 8.22. The van der Waals surface area contributed by atoms with Gasteiger partial charge in [0.25, 0.3) is 0 Å². The smallest absolute Gasteiger partial charge is 0.161 e. The normalized spacial score (nSPS) is 29.2. The molecule has 0 aromatic heterocycles. The van der Waals surface area contributed by atoms with E-state index in [9.17, 15) is 0 Å². The molecule has 1 atom stereocenters. The van der Waals surface area contributed by atoms with Crippen molar-refractivity contribution in [2.24, 2.45) is 23.2 Å². The lowest BCUT2D eigenvalue weighted by Gasteiger charge is -2.59. The van der Waals surface area contributed by atoms with Gasteiger partial charge in [-0.1, -0.05) is 35.3 Å². The Morgan fingerprint density at radius 3 is 2.19 bits per heavy atom. The summed E-state index contributed by atoms with van der Waals surface area (Å²) in [5.41, 5.74) is 2.71. The van der Waals surface area contributed by atoms with Crippen LogP contribution in [0.2, 0.25) is 10.0 Å². The van der Waals surface area contributed by atoms with Crippen LogP contribution >= 0.6 is 23.2 Å². The van der Waals surface area contributed by atoms with Gasteiger partial charge in [-0.05, 0) is 104 Å². The first-order chi connectivity index (χ1) is 15.4. The summed E-state index contributed by atoms with van der Waals surface area (Å²) < 4.78 is 11.6. The van der Waals surface area contributed by atoms with E-state index in [-0.39, 0.29) is 0 Å². The van der Waals surface area contributed by atoms with Gasteiger partial charge in [0.05, 0.1) is 17.2 Å². The predicted molar refractivity (Wildman–Crippen MR) is 131 cm³/mol. The summed E-state index contributed by atoms with van der Waals surface area (Å²) >= 11 is 12.1. The van der Waals surface area contributed by atoms with E-state index in [4.69, 9.17) is 32.7 Å². The number of nitrogens with one attached hydrogen (secondary N) is 1. The van der Waals surface area contributed by atoms with Crippen molar-refractivity contribution in [3.63, 3.8) is 0 Å². The maximum atomic E-state index is 6.11. The highest BCUT2D eigenvalue weighted by Crippen LogP contribution is 2.61. The minimum atomic E-state index is 0.411. The first-order valence-electron chi connectivity index (χ1n) is 11.9. The molecule has 4 bridgehead atoms. The average Bonchev–Trinajstić information content (AvgIpc) is 2.77. The van der Waals surface area contributed by atoms with E-state index in [0.29, 0.717) is 28.1 Å². The van der Waals surface area contributed by atoms with Crippen LogP contribution in [0, 0.1) is 23.2 Å². The molecule has 4 fully saturated rings. The molecule has 172 valence electrons. The van der Waals surface area contributed by atoms with Gasteiger partial charge in [-0.25, -0.2) is 0 Å². The standard InChI is InChI=1S/C27H33Cl2NO2/c1-17(27-12-20-7-21(13-27)9-22(8-20)14-27)30-15-18-4-6-25(26(11-18)31-2)32-16-19-3-5-23(28)24(29)10-19/h3-6,10-11,17,20-22,30H,7-9,12-16H2,1-2H3/t17-,20?,21?,22?,27?/m1/s1. The summed E-state index contributed by atoms with van der Waals surface area (Å²) in [6.45, 7) is 3.68. The molecule has 4 saturated carbocycles. The van der Waals surface area contributed by atoms with Crippen molar-refractivity contribution in [1.29, 1.82) is 0 Å². The molecule has 32 heavy (non-hydrogen) atoms. The molecule has 2 aromatic rings. The Balaban J connectivity index is 1.21. The van der Waals surface area contributed by atoms with E-state index in [1.54, 1.807) is 13.2 Å². The Hall–Kier alpha value is -1.42. The topological polar surface area (TPSA) is 30.5 Å². The molecule has 4 aliphatic rings. The van der Waals surface area contributed by atoms with Crippen LogP contribution in [0.3, 0.4) is 0 Å². The monoisotopic (exact) mass is 473 g/mol. The molecule has 0 unspecified atom stereocenters. The third kappa shape index (κ3) is 4.49. The first kappa shape index (κ1) is 22.4. The molecule has 0 aliphatic heterocycles. The second-order valence-electron chi connectivity index (χ2n) is 10.4. The van der Waals surface area contributed by atoms with Crippen molar-refractivity contribution < 1.29 is 9.47 Å². The van der Waals surface area contributed by atoms with Crippen LogP contribution in [0.15, 0.2) is 36.4 Å². The highest BCUT2D eigenvalue weighted by molar-refractivity contribution is 6.42. The molecule has 0 heterocycles. The summed E-state index contributed by atoms with van der Waals surface area (Å²) in [5, 5.41) is 4.96. The largest absolute Gasteiger partial charge is 0.493 e. The molecule has 5 heteroatoms. The van der Waals surface area contributed by atoms with Gasteiger partial charge in [-0.2, -0.15) is 0 Å². The summed E-state index contributed by atoms with van der Waals surface area (Å²) in [6.07, 6.45) is 8.76. The number of ether oxygens (including phenoxy) is 2. The van der Waals surface area contributed by atoms with Gasteiger partial charge in [0, 0.05) is 12.6 Å². The molecule has 0 saturated heterocycles. The Kier molecular flexibility index (Phi) is 6.35. The quantitative estimate of drug-likeness (QED) is 0.436. The number of rotatable bonds is 8. The number of benzene rings is 2. The zero-order valence-corrected chi connectivity index (χ0v) is 20.5. The molecule has 3 nitrogen and oxygen atoms in total. The third-order valence-corrected chi connectivity index (χ3v) is 8.96.